The molecule has 0 aliphatic heterocycles. The second-order valence-electron chi connectivity index (χ2n) is 8.18. The van der Waals surface area contributed by atoms with E-state index in [2.05, 4.69) is 10.4 Å². The van der Waals surface area contributed by atoms with Crippen molar-refractivity contribution < 1.29 is 14.0 Å². The number of benzene rings is 3. The summed E-state index contributed by atoms with van der Waals surface area (Å²) in [6.07, 6.45) is 1.98. The highest BCUT2D eigenvalue weighted by Gasteiger charge is 2.22. The van der Waals surface area contributed by atoms with Crippen molar-refractivity contribution >= 4 is 11.8 Å². The summed E-state index contributed by atoms with van der Waals surface area (Å²) in [6, 6.07) is 23.1. The molecule has 0 aliphatic carbocycles. The van der Waals surface area contributed by atoms with Crippen LogP contribution in [0.25, 0.3) is 16.9 Å². The summed E-state index contributed by atoms with van der Waals surface area (Å²) in [5, 5.41) is 7.50. The first kappa shape index (κ1) is 22.9. The van der Waals surface area contributed by atoms with Crippen LogP contribution >= 0.6 is 0 Å². The zero-order valence-electron chi connectivity index (χ0n) is 18.7. The molecule has 0 bridgehead atoms. The molecule has 1 heterocycles. The topological polar surface area (TPSA) is 90.0 Å². The second kappa shape index (κ2) is 10.1. The van der Waals surface area contributed by atoms with Crippen molar-refractivity contribution in [2.45, 2.75) is 13.3 Å². The van der Waals surface area contributed by atoms with E-state index in [9.17, 15) is 14.0 Å². The van der Waals surface area contributed by atoms with E-state index < -0.39 is 11.8 Å². The number of carbonyl (C=O) groups is 2. The highest BCUT2D eigenvalue weighted by atomic mass is 19.1. The van der Waals surface area contributed by atoms with Gasteiger partial charge in [-0.1, -0.05) is 60.2 Å². The fraction of sp³-hybridized carbons (Fsp3) is 0.148. The van der Waals surface area contributed by atoms with Crippen LogP contribution in [0.15, 0.2) is 85.1 Å². The van der Waals surface area contributed by atoms with Gasteiger partial charge in [-0.3, -0.25) is 9.59 Å². The molecule has 3 N–H and O–H groups in total. The van der Waals surface area contributed by atoms with E-state index in [-0.39, 0.29) is 18.3 Å². The van der Waals surface area contributed by atoms with Crippen LogP contribution in [-0.4, -0.2) is 28.1 Å². The SMILES string of the molecule is Cc1ccc(-n2cc(C(=O)NCC(Cc3ccc(F)cc3)C(N)=O)c(-c3ccccc3)n2)cc1. The van der Waals surface area contributed by atoms with E-state index in [1.807, 2.05) is 61.5 Å². The Morgan fingerprint density at radius 2 is 1.68 bits per heavy atom. The number of amides is 2. The van der Waals surface area contributed by atoms with Gasteiger partial charge in [0.25, 0.3) is 5.91 Å². The summed E-state index contributed by atoms with van der Waals surface area (Å²) < 4.78 is 14.9. The minimum Gasteiger partial charge on any atom is -0.369 e. The molecule has 0 radical (unpaired) electrons. The Bertz CT molecular complexity index is 1280. The van der Waals surface area contributed by atoms with Gasteiger partial charge in [-0.15, -0.1) is 0 Å². The molecule has 7 heteroatoms. The first-order chi connectivity index (χ1) is 16.4. The molecule has 0 saturated heterocycles. The van der Waals surface area contributed by atoms with Crippen LogP contribution in [0.4, 0.5) is 4.39 Å². The normalized spacial score (nSPS) is 11.7. The fourth-order valence-electron chi connectivity index (χ4n) is 3.67. The molecule has 1 unspecified atom stereocenters. The summed E-state index contributed by atoms with van der Waals surface area (Å²) in [5.74, 6) is -1.89. The lowest BCUT2D eigenvalue weighted by Gasteiger charge is -2.14. The average Bonchev–Trinajstić information content (AvgIpc) is 3.29. The molecule has 0 spiro atoms. The zero-order valence-corrected chi connectivity index (χ0v) is 18.7. The lowest BCUT2D eigenvalue weighted by atomic mass is 9.98. The van der Waals surface area contributed by atoms with E-state index in [4.69, 9.17) is 5.73 Å². The molecular formula is C27H25FN4O2. The molecule has 2 amide bonds. The van der Waals surface area contributed by atoms with Crippen molar-refractivity contribution in [3.8, 4) is 16.9 Å². The summed E-state index contributed by atoms with van der Waals surface area (Å²) >= 11 is 0. The van der Waals surface area contributed by atoms with Gasteiger partial charge in [0.15, 0.2) is 0 Å². The van der Waals surface area contributed by atoms with Crippen LogP contribution < -0.4 is 11.1 Å². The van der Waals surface area contributed by atoms with Gasteiger partial charge in [-0.05, 0) is 43.2 Å². The Hall–Kier alpha value is -4.26. The van der Waals surface area contributed by atoms with Gasteiger partial charge >= 0.3 is 0 Å². The van der Waals surface area contributed by atoms with Crippen LogP contribution in [0, 0.1) is 18.7 Å². The molecule has 3 aromatic carbocycles. The quantitative estimate of drug-likeness (QED) is 0.419. The highest BCUT2D eigenvalue weighted by molar-refractivity contribution is 6.00. The van der Waals surface area contributed by atoms with E-state index in [1.54, 1.807) is 23.0 Å². The van der Waals surface area contributed by atoms with Crippen LogP contribution in [0.2, 0.25) is 0 Å². The van der Waals surface area contributed by atoms with Gasteiger partial charge in [0.1, 0.15) is 11.5 Å². The first-order valence-corrected chi connectivity index (χ1v) is 10.9. The Morgan fingerprint density at radius 3 is 2.32 bits per heavy atom. The number of primary amides is 1. The third kappa shape index (κ3) is 5.38. The second-order valence-corrected chi connectivity index (χ2v) is 8.18. The molecule has 34 heavy (non-hydrogen) atoms. The molecule has 4 rings (SSSR count). The summed E-state index contributed by atoms with van der Waals surface area (Å²) in [6.45, 7) is 2.05. The van der Waals surface area contributed by atoms with E-state index in [0.717, 1.165) is 22.4 Å². The van der Waals surface area contributed by atoms with Crippen molar-refractivity contribution in [3.05, 3.63) is 108 Å². The van der Waals surface area contributed by atoms with Gasteiger partial charge in [-0.25, -0.2) is 9.07 Å². The lowest BCUT2D eigenvalue weighted by Crippen LogP contribution is -2.37. The van der Waals surface area contributed by atoms with Crippen molar-refractivity contribution in [1.29, 1.82) is 0 Å². The van der Waals surface area contributed by atoms with Gasteiger partial charge in [0.05, 0.1) is 17.2 Å². The summed E-state index contributed by atoms with van der Waals surface area (Å²) in [4.78, 5) is 25.2. The van der Waals surface area contributed by atoms with Gasteiger partial charge in [0.2, 0.25) is 5.91 Å². The maximum absolute atomic E-state index is 13.2. The van der Waals surface area contributed by atoms with E-state index >= 15 is 0 Å². The van der Waals surface area contributed by atoms with Gasteiger partial charge < -0.3 is 11.1 Å². The molecule has 4 aromatic rings. The monoisotopic (exact) mass is 456 g/mol. The van der Waals surface area contributed by atoms with Crippen molar-refractivity contribution in [1.82, 2.24) is 15.1 Å². The Labute approximate surface area is 197 Å². The van der Waals surface area contributed by atoms with Gasteiger partial charge in [-0.2, -0.15) is 5.10 Å². The van der Waals surface area contributed by atoms with E-state index in [1.165, 1.54) is 12.1 Å². The molecular weight excluding hydrogens is 431 g/mol. The van der Waals surface area contributed by atoms with Gasteiger partial charge in [0, 0.05) is 18.3 Å². The maximum Gasteiger partial charge on any atom is 0.255 e. The maximum atomic E-state index is 13.2. The number of carbonyl (C=O) groups excluding carboxylic acids is 2. The predicted molar refractivity (Wildman–Crippen MR) is 129 cm³/mol. The van der Waals surface area contributed by atoms with Crippen molar-refractivity contribution in [3.63, 3.8) is 0 Å². The number of hydrogen-bond acceptors (Lipinski definition) is 3. The summed E-state index contributed by atoms with van der Waals surface area (Å²) in [7, 11) is 0. The Balaban J connectivity index is 1.57. The third-order valence-electron chi connectivity index (χ3n) is 5.61. The number of aryl methyl sites for hydroxylation is 1. The molecule has 172 valence electrons. The molecule has 1 atom stereocenters. The molecule has 0 fully saturated rings. The number of hydrogen-bond donors (Lipinski definition) is 2. The molecule has 6 nitrogen and oxygen atoms in total. The number of nitrogens with two attached hydrogens (primary N) is 1. The number of nitrogens with one attached hydrogen (secondary N) is 1. The third-order valence-corrected chi connectivity index (χ3v) is 5.61. The number of nitrogens with zero attached hydrogens (tertiary/aromatic N) is 2. The van der Waals surface area contributed by atoms with E-state index in [0.29, 0.717) is 17.7 Å². The smallest absolute Gasteiger partial charge is 0.255 e. The van der Waals surface area contributed by atoms with Crippen LogP contribution in [0.3, 0.4) is 0 Å². The average molecular weight is 457 g/mol. The number of aromatic nitrogens is 2. The molecule has 1 aromatic heterocycles. The Morgan fingerprint density at radius 1 is 1.00 bits per heavy atom. The molecule has 0 aliphatic rings. The standard InChI is InChI=1S/C27H25FN4O2/c1-18-7-13-23(14-8-18)32-17-24(25(31-32)20-5-3-2-4-6-20)27(34)30-16-21(26(29)33)15-19-9-11-22(28)12-10-19/h2-14,17,21H,15-16H2,1H3,(H2,29,33)(H,30,34). The number of halogens is 1. The van der Waals surface area contributed by atoms with Crippen LogP contribution in [0.5, 0.6) is 0 Å². The number of rotatable bonds is 8. The van der Waals surface area contributed by atoms with Crippen molar-refractivity contribution in [2.24, 2.45) is 11.7 Å². The minimum absolute atomic E-state index is 0.0511. The zero-order chi connectivity index (χ0) is 24.1. The van der Waals surface area contributed by atoms with Crippen molar-refractivity contribution in [2.75, 3.05) is 6.54 Å². The Kier molecular flexibility index (Phi) is 6.82. The van der Waals surface area contributed by atoms with Crippen LogP contribution in [-0.2, 0) is 11.2 Å². The fourth-order valence-corrected chi connectivity index (χ4v) is 3.67. The minimum atomic E-state index is -0.637. The first-order valence-electron chi connectivity index (χ1n) is 10.9. The highest BCUT2D eigenvalue weighted by Crippen LogP contribution is 2.24. The lowest BCUT2D eigenvalue weighted by molar-refractivity contribution is -0.121. The summed E-state index contributed by atoms with van der Waals surface area (Å²) in [5.41, 5.74) is 10.0. The molecule has 0 saturated carbocycles. The largest absolute Gasteiger partial charge is 0.369 e. The predicted octanol–water partition coefficient (Wildman–Crippen LogP) is 4.06. The van der Waals surface area contributed by atoms with Crippen LogP contribution in [0.1, 0.15) is 21.5 Å².